The van der Waals surface area contributed by atoms with Crippen molar-refractivity contribution in [3.8, 4) is 0 Å². The lowest BCUT2D eigenvalue weighted by atomic mass is 9.33. The Hall–Kier alpha value is -1.95. The van der Waals surface area contributed by atoms with Crippen LogP contribution in [0.3, 0.4) is 0 Å². The molecule has 4 fully saturated rings. The standard InChI is InChI=1S/C36H53NO3.C3H6.C2H6O.2C2H6/c1-32(2)26(24-9-11-25(12-10-24)31(39)40-6)15-18-33(3)29(32)16-19-35(5)30(33)14-13-27-28-8-7-17-36(28,37-22-23-38)21-20-34(27,35)4;1-3-2;1-2-3;2*1-2/h9-12,15,27-30,37-38H,7-8,13-14,16-23H2,1-6H3;3H,1H2,2H3;3H,2H2,1H3;2*1-2H3/t27-,28-,29?,30?,33+,34-,35-,36+;;;;/m1..../s1. The van der Waals surface area contributed by atoms with Gasteiger partial charge in [-0.25, -0.2) is 4.79 Å². The molecule has 1 aromatic carbocycles. The number of β-amino-alcohol motifs (C(OH)–C–C–N with tert-alkyl or cyclic N) is 1. The van der Waals surface area contributed by atoms with Gasteiger partial charge in [0.1, 0.15) is 0 Å². The number of carbonyl (C=O) groups is 1. The lowest BCUT2D eigenvalue weighted by Gasteiger charge is -2.72. The van der Waals surface area contributed by atoms with Crippen molar-refractivity contribution in [2.75, 3.05) is 26.9 Å². The summed E-state index contributed by atoms with van der Waals surface area (Å²) < 4.78 is 4.93. The molecule has 0 aliphatic heterocycles. The van der Waals surface area contributed by atoms with Gasteiger partial charge in [0.15, 0.2) is 0 Å². The van der Waals surface area contributed by atoms with E-state index in [1.54, 1.807) is 13.0 Å². The van der Waals surface area contributed by atoms with Gasteiger partial charge >= 0.3 is 5.97 Å². The van der Waals surface area contributed by atoms with Crippen LogP contribution in [0.15, 0.2) is 43.0 Å². The summed E-state index contributed by atoms with van der Waals surface area (Å²) in [6.45, 7) is 29.2. The third kappa shape index (κ3) is 7.86. The predicted molar refractivity (Wildman–Crippen MR) is 213 cm³/mol. The number of aliphatic hydroxyl groups is 2. The van der Waals surface area contributed by atoms with E-state index in [0.29, 0.717) is 27.7 Å². The Labute approximate surface area is 308 Å². The lowest BCUT2D eigenvalue weighted by Crippen LogP contribution is -2.67. The van der Waals surface area contributed by atoms with E-state index >= 15 is 0 Å². The molecule has 286 valence electrons. The maximum atomic E-state index is 12.0. The summed E-state index contributed by atoms with van der Waals surface area (Å²) in [6.07, 6.45) is 17.5. The summed E-state index contributed by atoms with van der Waals surface area (Å²) >= 11 is 0. The number of aliphatic hydroxyl groups excluding tert-OH is 2. The zero-order chi connectivity index (χ0) is 38.0. The molecule has 0 aromatic heterocycles. The third-order valence-corrected chi connectivity index (χ3v) is 14.1. The number of esters is 1. The summed E-state index contributed by atoms with van der Waals surface area (Å²) in [4.78, 5) is 12.0. The highest BCUT2D eigenvalue weighted by Gasteiger charge is 2.69. The maximum Gasteiger partial charge on any atom is 0.337 e. The fraction of sp³-hybridized carbons (Fsp3) is 0.756. The van der Waals surface area contributed by atoms with E-state index in [9.17, 15) is 9.90 Å². The van der Waals surface area contributed by atoms with Crippen molar-refractivity contribution >= 4 is 11.5 Å². The van der Waals surface area contributed by atoms with E-state index in [0.717, 1.165) is 30.7 Å². The molecular weight excluding hydrogens is 618 g/mol. The van der Waals surface area contributed by atoms with Crippen LogP contribution in [0, 0.1) is 45.3 Å². The second-order valence-electron chi connectivity index (χ2n) is 16.3. The fourth-order valence-electron chi connectivity index (χ4n) is 12.2. The number of allylic oxidation sites excluding steroid dienone is 3. The van der Waals surface area contributed by atoms with Crippen LogP contribution < -0.4 is 5.32 Å². The molecular formula is C45H77NO4. The molecule has 5 aliphatic carbocycles. The van der Waals surface area contributed by atoms with Gasteiger partial charge in [-0.2, -0.15) is 0 Å². The molecule has 1 aromatic rings. The van der Waals surface area contributed by atoms with Crippen molar-refractivity contribution in [2.24, 2.45) is 45.3 Å². The number of rotatable bonds is 5. The first-order chi connectivity index (χ1) is 23.8. The summed E-state index contributed by atoms with van der Waals surface area (Å²) in [6, 6.07) is 8.10. The Morgan fingerprint density at radius 3 is 2.04 bits per heavy atom. The molecule has 0 radical (unpaired) electrons. The second kappa shape index (κ2) is 18.7. The van der Waals surface area contributed by atoms with Crippen LogP contribution in [-0.4, -0.2) is 48.6 Å². The minimum absolute atomic E-state index is 0.0836. The van der Waals surface area contributed by atoms with Crippen molar-refractivity contribution in [1.82, 2.24) is 5.32 Å². The number of nitrogens with one attached hydrogen (secondary N) is 1. The number of methoxy groups -OCH3 is 1. The number of hydrogen-bond donors (Lipinski definition) is 3. The first-order valence-corrected chi connectivity index (χ1v) is 20.2. The number of fused-ring (bicyclic) bond motifs is 7. The van der Waals surface area contributed by atoms with Gasteiger partial charge in [-0.05, 0) is 140 Å². The van der Waals surface area contributed by atoms with Crippen molar-refractivity contribution in [3.05, 3.63) is 54.1 Å². The van der Waals surface area contributed by atoms with Gasteiger partial charge in [0.25, 0.3) is 0 Å². The summed E-state index contributed by atoms with van der Waals surface area (Å²) in [5.74, 6) is 2.70. The average molecular weight is 696 g/mol. The van der Waals surface area contributed by atoms with E-state index in [1.165, 1.54) is 76.0 Å². The molecule has 0 saturated heterocycles. The van der Waals surface area contributed by atoms with Crippen molar-refractivity contribution in [1.29, 1.82) is 0 Å². The van der Waals surface area contributed by atoms with Crippen LogP contribution in [0.4, 0.5) is 0 Å². The van der Waals surface area contributed by atoms with Gasteiger partial charge in [-0.15, -0.1) is 6.58 Å². The second-order valence-corrected chi connectivity index (χ2v) is 16.3. The zero-order valence-corrected chi connectivity index (χ0v) is 34.4. The van der Waals surface area contributed by atoms with Crippen molar-refractivity contribution in [3.63, 3.8) is 0 Å². The predicted octanol–water partition coefficient (Wildman–Crippen LogP) is 10.9. The topological polar surface area (TPSA) is 78.8 Å². The van der Waals surface area contributed by atoms with Gasteiger partial charge in [0.05, 0.1) is 19.3 Å². The highest BCUT2D eigenvalue weighted by Crippen LogP contribution is 2.76. The Bertz CT molecular complexity index is 1240. The van der Waals surface area contributed by atoms with Gasteiger partial charge in [-0.1, -0.05) is 93.0 Å². The van der Waals surface area contributed by atoms with E-state index in [1.807, 2.05) is 46.8 Å². The smallest absolute Gasteiger partial charge is 0.337 e. The van der Waals surface area contributed by atoms with Crippen molar-refractivity contribution in [2.45, 2.75) is 146 Å². The molecule has 50 heavy (non-hydrogen) atoms. The number of carbonyl (C=O) groups excluding carboxylic acids is 1. The Balaban J connectivity index is 0.000000787. The van der Waals surface area contributed by atoms with Crippen LogP contribution in [0.1, 0.15) is 156 Å². The first kappa shape index (κ1) is 44.2. The Morgan fingerprint density at radius 2 is 1.48 bits per heavy atom. The van der Waals surface area contributed by atoms with Crippen LogP contribution in [0.5, 0.6) is 0 Å². The van der Waals surface area contributed by atoms with Crippen LogP contribution >= 0.6 is 0 Å². The van der Waals surface area contributed by atoms with Crippen LogP contribution in [-0.2, 0) is 4.74 Å². The molecule has 0 amide bonds. The van der Waals surface area contributed by atoms with E-state index in [4.69, 9.17) is 9.84 Å². The molecule has 3 N–H and O–H groups in total. The lowest BCUT2D eigenvalue weighted by molar-refractivity contribution is -0.217. The van der Waals surface area contributed by atoms with Gasteiger partial charge < -0.3 is 20.3 Å². The highest BCUT2D eigenvalue weighted by molar-refractivity contribution is 5.89. The maximum absolute atomic E-state index is 12.0. The van der Waals surface area contributed by atoms with Crippen molar-refractivity contribution < 1.29 is 19.7 Å². The Morgan fingerprint density at radius 1 is 0.880 bits per heavy atom. The van der Waals surface area contributed by atoms with E-state index < -0.39 is 0 Å². The SMILES string of the molecule is C=CC.CC.CC.CCO.COC(=O)c1ccc(C2=CC[C@@]3(C)C(CC[C@]4(C)C3CC[C@@H]3[C@H]5CCC[C@]5(NCCO)CC[C@]34C)C2(C)C)cc1. The molecule has 0 spiro atoms. The van der Waals surface area contributed by atoms with Gasteiger partial charge in [0, 0.05) is 18.7 Å². The molecule has 6 rings (SSSR count). The van der Waals surface area contributed by atoms with Gasteiger partial charge in [0.2, 0.25) is 0 Å². The largest absolute Gasteiger partial charge is 0.465 e. The van der Waals surface area contributed by atoms with Gasteiger partial charge in [-0.3, -0.25) is 0 Å². The van der Waals surface area contributed by atoms with E-state index in [-0.39, 0.29) is 30.1 Å². The number of benzene rings is 1. The molecule has 2 unspecified atom stereocenters. The quantitative estimate of drug-likeness (QED) is 0.211. The highest BCUT2D eigenvalue weighted by atomic mass is 16.5. The number of hydrogen-bond acceptors (Lipinski definition) is 5. The van der Waals surface area contributed by atoms with E-state index in [2.05, 4.69) is 64.7 Å². The molecule has 8 atom stereocenters. The third-order valence-electron chi connectivity index (χ3n) is 14.1. The van der Waals surface area contributed by atoms with Crippen LogP contribution in [0.25, 0.3) is 5.57 Å². The van der Waals surface area contributed by atoms with Crippen LogP contribution in [0.2, 0.25) is 0 Å². The summed E-state index contributed by atoms with van der Waals surface area (Å²) in [5, 5.41) is 21.1. The summed E-state index contributed by atoms with van der Waals surface area (Å²) in [5.41, 5.74) is 4.75. The monoisotopic (exact) mass is 696 g/mol. The molecule has 5 heteroatoms. The molecule has 5 aliphatic rings. The minimum atomic E-state index is -0.270. The fourth-order valence-corrected chi connectivity index (χ4v) is 12.2. The normalized spacial score (nSPS) is 35.7. The summed E-state index contributed by atoms with van der Waals surface area (Å²) in [7, 11) is 1.44. The Kier molecular flexibility index (Phi) is 16.5. The molecule has 4 saturated carbocycles. The average Bonchev–Trinajstić information content (AvgIpc) is 3.54. The molecule has 5 nitrogen and oxygen atoms in total. The molecule has 0 bridgehead atoms. The molecule has 0 heterocycles. The minimum Gasteiger partial charge on any atom is -0.465 e. The number of ether oxygens (including phenoxy) is 1. The zero-order valence-electron chi connectivity index (χ0n) is 34.4. The first-order valence-electron chi connectivity index (χ1n) is 20.2.